The molecule has 182 valence electrons. The molecule has 9 nitrogen and oxygen atoms in total. The summed E-state index contributed by atoms with van der Waals surface area (Å²) in [5.41, 5.74) is 4.07. The van der Waals surface area contributed by atoms with E-state index in [4.69, 9.17) is 4.74 Å². The number of nitrogens with zero attached hydrogens (tertiary/aromatic N) is 2. The van der Waals surface area contributed by atoms with E-state index < -0.39 is 17.6 Å². The van der Waals surface area contributed by atoms with Crippen LogP contribution >= 0.6 is 0 Å². The molecule has 1 heterocycles. The van der Waals surface area contributed by atoms with E-state index in [1.54, 1.807) is 20.9 Å². The Balaban J connectivity index is 1.32. The second-order valence-electron chi connectivity index (χ2n) is 9.22. The molecular formula is C26H28N4O5. The van der Waals surface area contributed by atoms with Crippen LogP contribution in [0.4, 0.5) is 4.79 Å². The summed E-state index contributed by atoms with van der Waals surface area (Å²) in [4.78, 5) is 36.4. The summed E-state index contributed by atoms with van der Waals surface area (Å²) in [6, 6.07) is 16.2. The van der Waals surface area contributed by atoms with Gasteiger partial charge >= 0.3 is 12.1 Å². The van der Waals surface area contributed by atoms with Crippen molar-refractivity contribution >= 4 is 18.0 Å². The minimum Gasteiger partial charge on any atom is -0.478 e. The summed E-state index contributed by atoms with van der Waals surface area (Å²) >= 11 is 0. The monoisotopic (exact) mass is 476 g/mol. The summed E-state index contributed by atoms with van der Waals surface area (Å²) < 4.78 is 6.98. The number of hydrogen-bond donors (Lipinski definition) is 3. The maximum Gasteiger partial charge on any atom is 0.407 e. The van der Waals surface area contributed by atoms with Crippen molar-refractivity contribution in [3.05, 3.63) is 77.1 Å². The van der Waals surface area contributed by atoms with E-state index in [2.05, 4.69) is 27.9 Å². The molecule has 2 amide bonds. The number of aryl methyl sites for hydroxylation is 1. The molecule has 35 heavy (non-hydrogen) atoms. The van der Waals surface area contributed by atoms with E-state index in [1.807, 2.05) is 36.4 Å². The number of carbonyl (C=O) groups is 3. The molecule has 9 heteroatoms. The quantitative estimate of drug-likeness (QED) is 0.458. The van der Waals surface area contributed by atoms with Crippen LogP contribution in [0, 0.1) is 0 Å². The Labute approximate surface area is 203 Å². The zero-order valence-electron chi connectivity index (χ0n) is 19.9. The van der Waals surface area contributed by atoms with Gasteiger partial charge in [-0.05, 0) is 36.1 Å². The second kappa shape index (κ2) is 9.61. The minimum atomic E-state index is -1.11. The van der Waals surface area contributed by atoms with E-state index in [-0.39, 0.29) is 37.0 Å². The van der Waals surface area contributed by atoms with Gasteiger partial charge in [-0.2, -0.15) is 5.10 Å². The lowest BCUT2D eigenvalue weighted by Crippen LogP contribution is -2.47. The number of carboxylic acids is 1. The Morgan fingerprint density at radius 1 is 1.06 bits per heavy atom. The van der Waals surface area contributed by atoms with Gasteiger partial charge in [0.05, 0.1) is 18.4 Å². The fourth-order valence-electron chi connectivity index (χ4n) is 4.45. The Morgan fingerprint density at radius 3 is 2.26 bits per heavy atom. The molecule has 4 rings (SSSR count). The molecule has 3 aromatic rings. The fraction of sp³-hybridized carbons (Fsp3) is 0.308. The first-order chi connectivity index (χ1) is 16.7. The van der Waals surface area contributed by atoms with Crippen LogP contribution in [-0.4, -0.2) is 45.0 Å². The molecule has 0 spiro atoms. The number of alkyl carbamates (subject to hydrolysis) is 1. The van der Waals surface area contributed by atoms with Crippen molar-refractivity contribution < 1.29 is 24.2 Å². The van der Waals surface area contributed by atoms with Crippen LogP contribution in [0.15, 0.2) is 54.7 Å². The lowest BCUT2D eigenvalue weighted by atomic mass is 9.98. The number of carbonyl (C=O) groups excluding carboxylic acids is 2. The van der Waals surface area contributed by atoms with Crippen LogP contribution in [0.1, 0.15) is 53.4 Å². The predicted octanol–water partition coefficient (Wildman–Crippen LogP) is 3.44. The van der Waals surface area contributed by atoms with Gasteiger partial charge in [-0.1, -0.05) is 48.5 Å². The van der Waals surface area contributed by atoms with Crippen molar-refractivity contribution in [1.29, 1.82) is 0 Å². The lowest BCUT2D eigenvalue weighted by Gasteiger charge is -2.26. The summed E-state index contributed by atoms with van der Waals surface area (Å²) in [5, 5.41) is 18.6. The Morgan fingerprint density at radius 2 is 1.66 bits per heavy atom. The molecule has 0 atom stereocenters. The zero-order chi connectivity index (χ0) is 25.2. The molecule has 1 aliphatic carbocycles. The smallest absolute Gasteiger partial charge is 0.407 e. The van der Waals surface area contributed by atoms with Crippen molar-refractivity contribution in [1.82, 2.24) is 20.4 Å². The molecule has 1 aliphatic rings. The van der Waals surface area contributed by atoms with Gasteiger partial charge in [-0.15, -0.1) is 0 Å². The van der Waals surface area contributed by atoms with Gasteiger partial charge < -0.3 is 20.5 Å². The third-order valence-electron chi connectivity index (χ3n) is 6.13. The molecule has 0 bridgehead atoms. The largest absolute Gasteiger partial charge is 0.478 e. The first-order valence-corrected chi connectivity index (χ1v) is 11.3. The summed E-state index contributed by atoms with van der Waals surface area (Å²) in [6.07, 6.45) is 0.619. The molecular weight excluding hydrogens is 448 g/mol. The van der Waals surface area contributed by atoms with Crippen LogP contribution < -0.4 is 10.6 Å². The number of amides is 2. The van der Waals surface area contributed by atoms with Crippen LogP contribution in [0.3, 0.4) is 0 Å². The highest BCUT2D eigenvalue weighted by molar-refractivity contribution is 5.89. The van der Waals surface area contributed by atoms with Gasteiger partial charge in [0.2, 0.25) is 5.91 Å². The van der Waals surface area contributed by atoms with Crippen LogP contribution in [0.2, 0.25) is 0 Å². The summed E-state index contributed by atoms with van der Waals surface area (Å²) in [5.74, 6) is -1.51. The SMILES string of the molecule is Cn1ncc(C(=O)O)c1CNC(=O)CC(C)(C)NC(=O)OCC1c2ccccc2-c2ccccc21. The second-order valence-corrected chi connectivity index (χ2v) is 9.22. The van der Waals surface area contributed by atoms with E-state index >= 15 is 0 Å². The number of ether oxygens (including phenoxy) is 1. The van der Waals surface area contributed by atoms with Crippen LogP contribution in [0.25, 0.3) is 11.1 Å². The minimum absolute atomic E-state index is 0.0119. The van der Waals surface area contributed by atoms with Crippen LogP contribution in [-0.2, 0) is 23.1 Å². The van der Waals surface area contributed by atoms with Gasteiger partial charge in [0.25, 0.3) is 0 Å². The van der Waals surface area contributed by atoms with Crippen molar-refractivity contribution in [3.63, 3.8) is 0 Å². The number of rotatable bonds is 8. The highest BCUT2D eigenvalue weighted by Crippen LogP contribution is 2.44. The average Bonchev–Trinajstić information content (AvgIpc) is 3.33. The van der Waals surface area contributed by atoms with Crippen LogP contribution in [0.5, 0.6) is 0 Å². The van der Waals surface area contributed by atoms with Gasteiger partial charge in [0.1, 0.15) is 12.2 Å². The zero-order valence-corrected chi connectivity index (χ0v) is 19.9. The summed E-state index contributed by atoms with van der Waals surface area (Å²) in [7, 11) is 1.61. The van der Waals surface area contributed by atoms with Crippen molar-refractivity contribution in [2.45, 2.75) is 38.3 Å². The molecule has 0 unspecified atom stereocenters. The number of aromatic carboxylic acids is 1. The number of carboxylic acid groups (broad SMARTS) is 1. The van der Waals surface area contributed by atoms with Gasteiger partial charge in [0, 0.05) is 24.9 Å². The Kier molecular flexibility index (Phi) is 6.59. The number of benzene rings is 2. The predicted molar refractivity (Wildman–Crippen MR) is 129 cm³/mol. The Hall–Kier alpha value is -4.14. The van der Waals surface area contributed by atoms with Gasteiger partial charge in [-0.3, -0.25) is 9.48 Å². The molecule has 0 fully saturated rings. The fourth-order valence-corrected chi connectivity index (χ4v) is 4.45. The normalized spacial score (nSPS) is 12.5. The first kappa shape index (κ1) is 24.0. The molecule has 0 radical (unpaired) electrons. The van der Waals surface area contributed by atoms with Gasteiger partial charge in [0.15, 0.2) is 0 Å². The van der Waals surface area contributed by atoms with Gasteiger partial charge in [-0.25, -0.2) is 9.59 Å². The van der Waals surface area contributed by atoms with E-state index in [0.29, 0.717) is 5.69 Å². The number of aromatic nitrogens is 2. The number of hydrogen-bond acceptors (Lipinski definition) is 5. The van der Waals surface area contributed by atoms with E-state index in [1.165, 1.54) is 10.9 Å². The van der Waals surface area contributed by atoms with Crippen molar-refractivity contribution in [2.24, 2.45) is 7.05 Å². The third kappa shape index (κ3) is 5.18. The maximum absolute atomic E-state index is 12.6. The molecule has 2 aromatic carbocycles. The Bertz CT molecular complexity index is 1230. The lowest BCUT2D eigenvalue weighted by molar-refractivity contribution is -0.122. The molecule has 0 saturated heterocycles. The highest BCUT2D eigenvalue weighted by Gasteiger charge is 2.30. The first-order valence-electron chi connectivity index (χ1n) is 11.3. The highest BCUT2D eigenvalue weighted by atomic mass is 16.5. The van der Waals surface area contributed by atoms with Crippen molar-refractivity contribution in [3.8, 4) is 11.1 Å². The van der Waals surface area contributed by atoms with Crippen molar-refractivity contribution in [2.75, 3.05) is 6.61 Å². The maximum atomic E-state index is 12.6. The standard InChI is InChI=1S/C26H28N4O5/c1-26(2,12-23(31)27-14-22-20(24(32)33)13-28-30(22)3)29-25(34)35-15-21-18-10-6-4-8-16(18)17-9-5-7-11-19(17)21/h4-11,13,21H,12,14-15H2,1-3H3,(H,27,31)(H,29,34)(H,32,33). The number of fused-ring (bicyclic) bond motifs is 3. The summed E-state index contributed by atoms with van der Waals surface area (Å²) in [6.45, 7) is 3.64. The average molecular weight is 477 g/mol. The number of nitrogens with one attached hydrogen (secondary N) is 2. The topological polar surface area (TPSA) is 123 Å². The van der Waals surface area contributed by atoms with E-state index in [0.717, 1.165) is 22.3 Å². The molecule has 1 aromatic heterocycles. The van der Waals surface area contributed by atoms with E-state index in [9.17, 15) is 19.5 Å². The molecule has 0 saturated carbocycles. The molecule has 0 aliphatic heterocycles. The third-order valence-corrected chi connectivity index (χ3v) is 6.13. The molecule has 3 N–H and O–H groups in total.